The van der Waals surface area contributed by atoms with Crippen molar-refractivity contribution < 1.29 is 9.53 Å². The molecule has 0 spiro atoms. The third-order valence-corrected chi connectivity index (χ3v) is 2.43. The van der Waals surface area contributed by atoms with E-state index in [1.807, 2.05) is 0 Å². The van der Waals surface area contributed by atoms with Gasteiger partial charge in [-0.1, -0.05) is 22.5 Å². The van der Waals surface area contributed by atoms with Crippen LogP contribution in [0.2, 0.25) is 0 Å². The SMILES string of the molecule is C=C(CBr)c1cn(C)nc1C(=O)OC. The lowest BCUT2D eigenvalue weighted by atomic mass is 10.1. The Morgan fingerprint density at radius 1 is 1.79 bits per heavy atom. The largest absolute Gasteiger partial charge is 0.464 e. The van der Waals surface area contributed by atoms with Crippen molar-refractivity contribution in [3.63, 3.8) is 0 Å². The second-order valence-corrected chi connectivity index (χ2v) is 3.35. The summed E-state index contributed by atoms with van der Waals surface area (Å²) in [5.41, 5.74) is 1.83. The highest BCUT2D eigenvalue weighted by Gasteiger charge is 2.17. The van der Waals surface area contributed by atoms with Gasteiger partial charge in [-0.05, 0) is 5.57 Å². The van der Waals surface area contributed by atoms with Gasteiger partial charge in [0.15, 0.2) is 5.69 Å². The summed E-state index contributed by atoms with van der Waals surface area (Å²) >= 11 is 3.28. The Kier molecular flexibility index (Phi) is 3.46. The minimum absolute atomic E-state index is 0.305. The second-order valence-electron chi connectivity index (χ2n) is 2.79. The number of ether oxygens (including phenoxy) is 1. The Hall–Kier alpha value is -1.10. The maximum absolute atomic E-state index is 11.3. The first kappa shape index (κ1) is 11.0. The van der Waals surface area contributed by atoms with Crippen LogP contribution in [-0.4, -0.2) is 28.2 Å². The van der Waals surface area contributed by atoms with Crippen LogP contribution in [-0.2, 0) is 11.8 Å². The fourth-order valence-corrected chi connectivity index (χ4v) is 1.37. The van der Waals surface area contributed by atoms with Gasteiger partial charge in [0.2, 0.25) is 0 Å². The van der Waals surface area contributed by atoms with E-state index in [-0.39, 0.29) is 0 Å². The number of aryl methyl sites for hydroxylation is 1. The van der Waals surface area contributed by atoms with E-state index in [2.05, 4.69) is 32.3 Å². The molecule has 1 aromatic heterocycles. The Bertz CT molecular complexity index is 337. The summed E-state index contributed by atoms with van der Waals surface area (Å²) in [5, 5.41) is 4.61. The number of carbonyl (C=O) groups excluding carboxylic acids is 1. The lowest BCUT2D eigenvalue weighted by molar-refractivity contribution is 0.0593. The molecule has 0 aromatic carbocycles. The maximum atomic E-state index is 11.3. The van der Waals surface area contributed by atoms with Crippen molar-refractivity contribution in [2.45, 2.75) is 0 Å². The summed E-state index contributed by atoms with van der Waals surface area (Å²) in [6.45, 7) is 3.83. The summed E-state index contributed by atoms with van der Waals surface area (Å²) in [7, 11) is 3.08. The van der Waals surface area contributed by atoms with Crippen LogP contribution in [0, 0.1) is 0 Å². The first-order valence-corrected chi connectivity index (χ1v) is 5.08. The van der Waals surface area contributed by atoms with Gasteiger partial charge in [-0.15, -0.1) is 0 Å². The highest BCUT2D eigenvalue weighted by Crippen LogP contribution is 2.18. The Morgan fingerprint density at radius 3 is 2.93 bits per heavy atom. The molecule has 1 aromatic rings. The van der Waals surface area contributed by atoms with Gasteiger partial charge in [-0.3, -0.25) is 4.68 Å². The van der Waals surface area contributed by atoms with E-state index in [4.69, 9.17) is 0 Å². The number of alkyl halides is 1. The van der Waals surface area contributed by atoms with Crippen molar-refractivity contribution in [1.29, 1.82) is 0 Å². The zero-order valence-electron chi connectivity index (χ0n) is 8.08. The summed E-state index contributed by atoms with van der Waals surface area (Å²) < 4.78 is 6.18. The standard InChI is InChI=1S/C9H11BrN2O2/c1-6(4-10)7-5-12(2)11-8(7)9(13)14-3/h5H,1,4H2,2-3H3. The maximum Gasteiger partial charge on any atom is 0.359 e. The lowest BCUT2D eigenvalue weighted by Gasteiger charge is -1.99. The average Bonchev–Trinajstić information content (AvgIpc) is 2.58. The van der Waals surface area contributed by atoms with Crippen molar-refractivity contribution in [3.8, 4) is 0 Å². The second kappa shape index (κ2) is 4.41. The van der Waals surface area contributed by atoms with Crippen molar-refractivity contribution in [3.05, 3.63) is 24.0 Å². The van der Waals surface area contributed by atoms with Crippen LogP contribution in [0.25, 0.3) is 5.57 Å². The van der Waals surface area contributed by atoms with Gasteiger partial charge in [0.1, 0.15) is 0 Å². The third-order valence-electron chi connectivity index (χ3n) is 1.75. The van der Waals surface area contributed by atoms with E-state index < -0.39 is 5.97 Å². The topological polar surface area (TPSA) is 44.1 Å². The molecular formula is C9H11BrN2O2. The molecule has 0 aliphatic heterocycles. The number of allylic oxidation sites excluding steroid dienone is 1. The van der Waals surface area contributed by atoms with E-state index in [0.29, 0.717) is 11.0 Å². The van der Waals surface area contributed by atoms with E-state index in [1.165, 1.54) is 7.11 Å². The molecule has 0 aliphatic carbocycles. The Labute approximate surface area is 90.7 Å². The molecule has 0 amide bonds. The molecule has 0 N–H and O–H groups in total. The van der Waals surface area contributed by atoms with Gasteiger partial charge in [-0.2, -0.15) is 5.10 Å². The number of hydrogen-bond acceptors (Lipinski definition) is 3. The summed E-state index contributed by atoms with van der Waals surface area (Å²) in [5.74, 6) is -0.442. The monoisotopic (exact) mass is 258 g/mol. The minimum atomic E-state index is -0.442. The fourth-order valence-electron chi connectivity index (χ4n) is 1.07. The van der Waals surface area contributed by atoms with Crippen molar-refractivity contribution in [1.82, 2.24) is 9.78 Å². The van der Waals surface area contributed by atoms with Gasteiger partial charge < -0.3 is 4.74 Å². The average molecular weight is 259 g/mol. The molecule has 0 saturated heterocycles. The van der Waals surface area contributed by atoms with Gasteiger partial charge >= 0.3 is 5.97 Å². The Morgan fingerprint density at radius 2 is 2.43 bits per heavy atom. The summed E-state index contributed by atoms with van der Waals surface area (Å²) in [6, 6.07) is 0. The zero-order valence-corrected chi connectivity index (χ0v) is 9.67. The van der Waals surface area contributed by atoms with Crippen LogP contribution in [0.3, 0.4) is 0 Å². The minimum Gasteiger partial charge on any atom is -0.464 e. The first-order valence-electron chi connectivity index (χ1n) is 3.96. The highest BCUT2D eigenvalue weighted by molar-refractivity contribution is 9.09. The summed E-state index contributed by atoms with van der Waals surface area (Å²) in [4.78, 5) is 11.3. The van der Waals surface area contributed by atoms with E-state index in [0.717, 1.165) is 11.1 Å². The molecule has 14 heavy (non-hydrogen) atoms. The van der Waals surface area contributed by atoms with Crippen LogP contribution in [0.5, 0.6) is 0 Å². The lowest BCUT2D eigenvalue weighted by Crippen LogP contribution is -2.05. The first-order chi connectivity index (χ1) is 6.60. The molecule has 0 atom stereocenters. The molecule has 0 aliphatic rings. The number of halogens is 1. The van der Waals surface area contributed by atoms with Gasteiger partial charge in [-0.25, -0.2) is 4.79 Å². The predicted molar refractivity (Wildman–Crippen MR) is 57.4 cm³/mol. The zero-order chi connectivity index (χ0) is 10.7. The quantitative estimate of drug-likeness (QED) is 0.612. The third kappa shape index (κ3) is 2.04. The number of aromatic nitrogens is 2. The van der Waals surface area contributed by atoms with Crippen LogP contribution in [0.15, 0.2) is 12.8 Å². The molecule has 0 unspecified atom stereocenters. The normalized spacial score (nSPS) is 9.93. The van der Waals surface area contributed by atoms with Crippen LogP contribution < -0.4 is 0 Å². The summed E-state index contributed by atoms with van der Waals surface area (Å²) in [6.07, 6.45) is 1.75. The van der Waals surface area contributed by atoms with Gasteiger partial charge in [0.05, 0.1) is 7.11 Å². The number of hydrogen-bond donors (Lipinski definition) is 0. The van der Waals surface area contributed by atoms with Crippen molar-refractivity contribution >= 4 is 27.5 Å². The van der Waals surface area contributed by atoms with Gasteiger partial charge in [0.25, 0.3) is 0 Å². The highest BCUT2D eigenvalue weighted by atomic mass is 79.9. The van der Waals surface area contributed by atoms with Crippen LogP contribution in [0.1, 0.15) is 16.1 Å². The number of carbonyl (C=O) groups is 1. The smallest absolute Gasteiger partial charge is 0.359 e. The molecule has 1 heterocycles. The number of nitrogens with zero attached hydrogens (tertiary/aromatic N) is 2. The molecule has 0 bridgehead atoms. The van der Waals surface area contributed by atoms with Gasteiger partial charge in [0, 0.05) is 24.1 Å². The van der Waals surface area contributed by atoms with E-state index in [1.54, 1.807) is 17.9 Å². The molecule has 5 heteroatoms. The Balaban J connectivity index is 3.15. The van der Waals surface area contributed by atoms with Crippen molar-refractivity contribution in [2.75, 3.05) is 12.4 Å². The van der Waals surface area contributed by atoms with E-state index >= 15 is 0 Å². The van der Waals surface area contributed by atoms with Crippen molar-refractivity contribution in [2.24, 2.45) is 7.05 Å². The predicted octanol–water partition coefficient (Wildman–Crippen LogP) is 1.61. The number of esters is 1. The van der Waals surface area contributed by atoms with Crippen LogP contribution in [0.4, 0.5) is 0 Å². The van der Waals surface area contributed by atoms with Crippen LogP contribution >= 0.6 is 15.9 Å². The molecule has 4 nitrogen and oxygen atoms in total. The van der Waals surface area contributed by atoms with E-state index in [9.17, 15) is 4.79 Å². The molecular weight excluding hydrogens is 248 g/mol. The molecule has 76 valence electrons. The molecule has 0 fully saturated rings. The molecule has 0 saturated carbocycles. The number of methoxy groups -OCH3 is 1. The fraction of sp³-hybridized carbons (Fsp3) is 0.333. The molecule has 1 rings (SSSR count). The molecule has 0 radical (unpaired) electrons. The number of rotatable bonds is 3.